The van der Waals surface area contributed by atoms with Gasteiger partial charge in [-0.1, -0.05) is 27.7 Å². The van der Waals surface area contributed by atoms with Crippen molar-refractivity contribution >= 4 is 5.78 Å². The van der Waals surface area contributed by atoms with Crippen molar-refractivity contribution < 1.29 is 4.79 Å². The highest BCUT2D eigenvalue weighted by Crippen LogP contribution is 2.39. The molecule has 0 bridgehead atoms. The van der Waals surface area contributed by atoms with Crippen molar-refractivity contribution in [2.75, 3.05) is 0 Å². The summed E-state index contributed by atoms with van der Waals surface area (Å²) in [4.78, 5) is 11.4. The van der Waals surface area contributed by atoms with Crippen LogP contribution >= 0.6 is 0 Å². The van der Waals surface area contributed by atoms with Gasteiger partial charge in [0.05, 0.1) is 0 Å². The zero-order chi connectivity index (χ0) is 8.65. The van der Waals surface area contributed by atoms with Gasteiger partial charge in [-0.15, -0.1) is 0 Å². The lowest BCUT2D eigenvalue weighted by molar-refractivity contribution is -0.123. The van der Waals surface area contributed by atoms with Gasteiger partial charge in [0.1, 0.15) is 5.78 Å². The van der Waals surface area contributed by atoms with Crippen LogP contribution in [0.3, 0.4) is 0 Å². The topological polar surface area (TPSA) is 17.1 Å². The minimum absolute atomic E-state index is 0.182. The van der Waals surface area contributed by atoms with Gasteiger partial charge in [-0.2, -0.15) is 0 Å². The summed E-state index contributed by atoms with van der Waals surface area (Å²) in [6.45, 7) is 8.65. The fraction of sp³-hybridized carbons (Fsp3) is 0.900. The normalized spacial score (nSPS) is 32.9. The standard InChI is InChI=1S/C10H18O/c1-7-5-8(9(11)6-7)10(2,3)4/h7-8H,5-6H2,1-4H3. The third kappa shape index (κ3) is 1.82. The largest absolute Gasteiger partial charge is 0.299 e. The molecule has 1 saturated carbocycles. The van der Waals surface area contributed by atoms with Crippen LogP contribution in [0.4, 0.5) is 0 Å². The molecule has 0 amide bonds. The van der Waals surface area contributed by atoms with E-state index in [1.54, 1.807) is 0 Å². The third-order valence-corrected chi connectivity index (χ3v) is 2.62. The quantitative estimate of drug-likeness (QED) is 0.524. The van der Waals surface area contributed by atoms with Crippen LogP contribution in [0.2, 0.25) is 0 Å². The molecule has 0 radical (unpaired) electrons. The molecule has 1 heteroatoms. The number of carbonyl (C=O) groups excluding carboxylic acids is 1. The number of Topliss-reactive ketones (excluding diaryl/α,β-unsaturated/α-hetero) is 1. The molecule has 0 spiro atoms. The van der Waals surface area contributed by atoms with Gasteiger partial charge in [0.2, 0.25) is 0 Å². The summed E-state index contributed by atoms with van der Waals surface area (Å²) in [5.74, 6) is 1.41. The van der Waals surface area contributed by atoms with Gasteiger partial charge < -0.3 is 0 Å². The Kier molecular flexibility index (Phi) is 2.08. The zero-order valence-corrected chi connectivity index (χ0v) is 7.98. The van der Waals surface area contributed by atoms with Crippen LogP contribution in [-0.4, -0.2) is 5.78 Å². The van der Waals surface area contributed by atoms with Crippen LogP contribution in [0.5, 0.6) is 0 Å². The summed E-state index contributed by atoms with van der Waals surface area (Å²) in [6, 6.07) is 0. The summed E-state index contributed by atoms with van der Waals surface area (Å²) < 4.78 is 0. The maximum Gasteiger partial charge on any atom is 0.136 e. The first kappa shape index (κ1) is 8.76. The van der Waals surface area contributed by atoms with Gasteiger partial charge in [0, 0.05) is 12.3 Å². The molecule has 1 fully saturated rings. The van der Waals surface area contributed by atoms with E-state index in [9.17, 15) is 4.79 Å². The molecule has 0 aliphatic heterocycles. The van der Waals surface area contributed by atoms with Crippen molar-refractivity contribution in [1.29, 1.82) is 0 Å². The van der Waals surface area contributed by atoms with Gasteiger partial charge in [-0.25, -0.2) is 0 Å². The summed E-state index contributed by atoms with van der Waals surface area (Å²) in [5.41, 5.74) is 0.182. The Morgan fingerprint density at radius 3 is 2.09 bits per heavy atom. The molecule has 0 aromatic carbocycles. The lowest BCUT2D eigenvalue weighted by Crippen LogP contribution is -2.23. The van der Waals surface area contributed by atoms with E-state index in [0.29, 0.717) is 17.6 Å². The van der Waals surface area contributed by atoms with E-state index in [0.717, 1.165) is 12.8 Å². The van der Waals surface area contributed by atoms with E-state index in [1.165, 1.54) is 0 Å². The van der Waals surface area contributed by atoms with E-state index in [-0.39, 0.29) is 5.41 Å². The number of ketones is 1. The molecule has 1 aliphatic rings. The van der Waals surface area contributed by atoms with Crippen LogP contribution in [0.25, 0.3) is 0 Å². The van der Waals surface area contributed by atoms with E-state index in [2.05, 4.69) is 27.7 Å². The fourth-order valence-electron chi connectivity index (χ4n) is 1.94. The van der Waals surface area contributed by atoms with Gasteiger partial charge in [-0.3, -0.25) is 4.79 Å². The van der Waals surface area contributed by atoms with E-state index in [1.807, 2.05) is 0 Å². The number of hydrogen-bond donors (Lipinski definition) is 0. The Morgan fingerprint density at radius 2 is 1.91 bits per heavy atom. The molecular formula is C10H18O. The van der Waals surface area contributed by atoms with Crippen molar-refractivity contribution in [2.45, 2.75) is 40.5 Å². The molecule has 0 aromatic heterocycles. The molecule has 1 aliphatic carbocycles. The van der Waals surface area contributed by atoms with Crippen LogP contribution in [0.1, 0.15) is 40.5 Å². The van der Waals surface area contributed by atoms with E-state index in [4.69, 9.17) is 0 Å². The van der Waals surface area contributed by atoms with E-state index >= 15 is 0 Å². The Morgan fingerprint density at radius 1 is 1.36 bits per heavy atom. The Labute approximate surface area is 69.2 Å². The molecule has 0 N–H and O–H groups in total. The van der Waals surface area contributed by atoms with Crippen molar-refractivity contribution in [3.05, 3.63) is 0 Å². The van der Waals surface area contributed by atoms with Crippen LogP contribution in [0, 0.1) is 17.3 Å². The van der Waals surface area contributed by atoms with Crippen molar-refractivity contribution in [3.63, 3.8) is 0 Å². The highest BCUT2D eigenvalue weighted by atomic mass is 16.1. The number of rotatable bonds is 0. The van der Waals surface area contributed by atoms with E-state index < -0.39 is 0 Å². The van der Waals surface area contributed by atoms with Gasteiger partial charge in [-0.05, 0) is 17.8 Å². The van der Waals surface area contributed by atoms with Crippen molar-refractivity contribution in [3.8, 4) is 0 Å². The molecule has 0 heterocycles. The first-order valence-corrected chi connectivity index (χ1v) is 4.44. The average Bonchev–Trinajstić information content (AvgIpc) is 2.08. The van der Waals surface area contributed by atoms with Gasteiger partial charge >= 0.3 is 0 Å². The summed E-state index contributed by atoms with van der Waals surface area (Å²) in [7, 11) is 0. The summed E-state index contributed by atoms with van der Waals surface area (Å²) in [6.07, 6.45) is 1.91. The molecule has 0 aromatic rings. The summed E-state index contributed by atoms with van der Waals surface area (Å²) in [5, 5.41) is 0. The number of hydrogen-bond acceptors (Lipinski definition) is 1. The van der Waals surface area contributed by atoms with Gasteiger partial charge in [0.15, 0.2) is 0 Å². The van der Waals surface area contributed by atoms with Crippen LogP contribution in [-0.2, 0) is 4.79 Å². The molecule has 1 rings (SSSR count). The first-order chi connectivity index (χ1) is 4.91. The second-order valence-corrected chi connectivity index (χ2v) is 4.93. The SMILES string of the molecule is CC1CC(=O)C(C(C)(C)C)C1. The Balaban J connectivity index is 2.68. The second kappa shape index (κ2) is 2.62. The predicted molar refractivity (Wildman–Crippen MR) is 46.4 cm³/mol. The van der Waals surface area contributed by atoms with Crippen molar-refractivity contribution in [2.24, 2.45) is 17.3 Å². The van der Waals surface area contributed by atoms with Crippen LogP contribution in [0.15, 0.2) is 0 Å². The predicted octanol–water partition coefficient (Wildman–Crippen LogP) is 2.65. The average molecular weight is 154 g/mol. The molecule has 64 valence electrons. The molecule has 0 saturated heterocycles. The van der Waals surface area contributed by atoms with Gasteiger partial charge in [0.25, 0.3) is 0 Å². The smallest absolute Gasteiger partial charge is 0.136 e. The fourth-order valence-corrected chi connectivity index (χ4v) is 1.94. The molecule has 2 atom stereocenters. The molecule has 11 heavy (non-hydrogen) atoms. The van der Waals surface area contributed by atoms with Crippen LogP contribution < -0.4 is 0 Å². The monoisotopic (exact) mass is 154 g/mol. The van der Waals surface area contributed by atoms with Crippen molar-refractivity contribution in [1.82, 2.24) is 0 Å². The number of carbonyl (C=O) groups is 1. The minimum atomic E-state index is 0.182. The highest BCUT2D eigenvalue weighted by Gasteiger charge is 2.37. The minimum Gasteiger partial charge on any atom is -0.299 e. The highest BCUT2D eigenvalue weighted by molar-refractivity contribution is 5.83. The Hall–Kier alpha value is -0.330. The molecular weight excluding hydrogens is 136 g/mol. The first-order valence-electron chi connectivity index (χ1n) is 4.44. The third-order valence-electron chi connectivity index (χ3n) is 2.62. The lowest BCUT2D eigenvalue weighted by atomic mass is 9.79. The maximum absolute atomic E-state index is 11.4. The second-order valence-electron chi connectivity index (χ2n) is 4.93. The molecule has 2 unspecified atom stereocenters. The summed E-state index contributed by atoms with van der Waals surface area (Å²) >= 11 is 0. The Bertz CT molecular complexity index is 164. The molecule has 1 nitrogen and oxygen atoms in total. The maximum atomic E-state index is 11.4. The zero-order valence-electron chi connectivity index (χ0n) is 7.98. The lowest BCUT2D eigenvalue weighted by Gasteiger charge is -2.25.